The predicted molar refractivity (Wildman–Crippen MR) is 163 cm³/mol. The number of nitrogens with one attached hydrogen (secondary N) is 1. The summed E-state index contributed by atoms with van der Waals surface area (Å²) in [7, 11) is -0.300. The van der Waals surface area contributed by atoms with Crippen LogP contribution in [0.25, 0.3) is 0 Å². The normalized spacial score (nSPS) is 16.4. The van der Waals surface area contributed by atoms with Crippen LogP contribution >= 0.6 is 11.8 Å². The van der Waals surface area contributed by atoms with Gasteiger partial charge in [-0.25, -0.2) is 15.0 Å². The number of benzene rings is 1. The van der Waals surface area contributed by atoms with Crippen LogP contribution < -0.4 is 21.7 Å². The highest BCUT2D eigenvalue weighted by Crippen LogP contribution is 2.32. The smallest absolute Gasteiger partial charge is 0.227 e. The molecule has 213 valence electrons. The fraction of sp³-hybridized carbons (Fsp3) is 0.464. The number of anilines is 2. The summed E-state index contributed by atoms with van der Waals surface area (Å²) in [6.45, 7) is 8.99. The molecule has 1 saturated carbocycles. The lowest BCUT2D eigenvalue weighted by molar-refractivity contribution is -0.131. The Hall–Kier alpha value is -3.38. The number of hydrogen-bond donors (Lipinski definition) is 3. The highest BCUT2D eigenvalue weighted by molar-refractivity contribution is 7.99. The summed E-state index contributed by atoms with van der Waals surface area (Å²) < 4.78 is 0. The molecular formula is C28H39N8O2SSi. The number of hydrogen-bond acceptors (Lipinski definition) is 8. The number of nitrogens with two attached hydrogens (primary N) is 2. The first kappa shape index (κ1) is 29.6. The molecule has 0 unspecified atom stereocenters. The van der Waals surface area contributed by atoms with E-state index >= 15 is 0 Å². The van der Waals surface area contributed by atoms with E-state index in [1.54, 1.807) is 13.0 Å². The number of aliphatic imine (C=N–C) groups is 1. The highest BCUT2D eigenvalue weighted by atomic mass is 32.2. The molecular weight excluding hydrogens is 541 g/mol. The van der Waals surface area contributed by atoms with Gasteiger partial charge in [0.2, 0.25) is 11.8 Å². The second kappa shape index (κ2) is 13.8. The second-order valence-electron chi connectivity index (χ2n) is 10.6. The van der Waals surface area contributed by atoms with Crippen LogP contribution in [0.3, 0.4) is 0 Å². The number of rotatable bonds is 11. The van der Waals surface area contributed by atoms with Crippen molar-refractivity contribution < 1.29 is 9.59 Å². The number of carbonyl (C=O) groups is 2. The molecule has 2 amide bonds. The number of amidine groups is 1. The molecule has 1 aromatic carbocycles. The number of nitrogens with zero attached hydrogens (tertiary/aromatic N) is 5. The molecule has 2 fully saturated rings. The van der Waals surface area contributed by atoms with E-state index in [-0.39, 0.29) is 32.4 Å². The van der Waals surface area contributed by atoms with E-state index in [1.807, 2.05) is 35.2 Å². The first-order valence-corrected chi connectivity index (χ1v) is 17.3. The summed E-state index contributed by atoms with van der Waals surface area (Å²) in [5.41, 5.74) is 13.2. The van der Waals surface area contributed by atoms with Crippen molar-refractivity contribution in [3.8, 4) is 0 Å². The molecule has 0 spiro atoms. The lowest BCUT2D eigenvalue weighted by Crippen LogP contribution is -2.49. The molecule has 1 aromatic heterocycles. The van der Waals surface area contributed by atoms with Crippen LogP contribution in [0.1, 0.15) is 32.6 Å². The van der Waals surface area contributed by atoms with Crippen LogP contribution in [-0.4, -0.2) is 67.5 Å². The van der Waals surface area contributed by atoms with Gasteiger partial charge in [0.25, 0.3) is 0 Å². The quantitative estimate of drug-likeness (QED) is 0.157. The van der Waals surface area contributed by atoms with Gasteiger partial charge in [-0.3, -0.25) is 9.59 Å². The Kier molecular flexibility index (Phi) is 10.2. The molecule has 40 heavy (non-hydrogen) atoms. The van der Waals surface area contributed by atoms with E-state index in [9.17, 15) is 9.59 Å². The van der Waals surface area contributed by atoms with Crippen molar-refractivity contribution in [1.82, 2.24) is 14.9 Å². The monoisotopic (exact) mass is 579 g/mol. The maximum atomic E-state index is 12.7. The highest BCUT2D eigenvalue weighted by Gasteiger charge is 2.29. The molecule has 0 atom stereocenters. The Bertz CT molecular complexity index is 1250. The lowest BCUT2D eigenvalue weighted by atomic mass is 10.2. The summed E-state index contributed by atoms with van der Waals surface area (Å²) in [4.78, 5) is 43.7. The first-order valence-electron chi connectivity index (χ1n) is 13.7. The first-order chi connectivity index (χ1) is 19.2. The SMILES string of the molecule is CC(N)=CC(N)=Nc1cc(N2CCN(C(=O)CCC[Si](C)C)CC2)nc(Sc2ccc(NC(=O)C3CC3)cc2)n1. The van der Waals surface area contributed by atoms with Gasteiger partial charge in [0.15, 0.2) is 11.0 Å². The third kappa shape index (κ3) is 9.09. The Labute approximate surface area is 242 Å². The molecule has 1 saturated heterocycles. The molecule has 1 aliphatic carbocycles. The topological polar surface area (TPSA) is 143 Å². The van der Waals surface area contributed by atoms with Gasteiger partial charge in [0.1, 0.15) is 11.7 Å². The summed E-state index contributed by atoms with van der Waals surface area (Å²) >= 11 is 1.41. The van der Waals surface area contributed by atoms with E-state index in [1.165, 1.54) is 17.8 Å². The van der Waals surface area contributed by atoms with E-state index in [0.717, 1.165) is 35.7 Å². The summed E-state index contributed by atoms with van der Waals surface area (Å²) in [6, 6.07) is 10.6. The minimum Gasteiger partial charge on any atom is -0.402 e. The predicted octanol–water partition coefficient (Wildman–Crippen LogP) is 4.01. The van der Waals surface area contributed by atoms with Crippen LogP contribution in [0.2, 0.25) is 19.1 Å². The third-order valence-corrected chi connectivity index (χ3v) is 8.83. The van der Waals surface area contributed by atoms with Crippen molar-refractivity contribution in [2.24, 2.45) is 22.4 Å². The van der Waals surface area contributed by atoms with Crippen LogP contribution in [0.4, 0.5) is 17.3 Å². The van der Waals surface area contributed by atoms with Crippen LogP contribution in [0.15, 0.2) is 57.1 Å². The molecule has 10 nitrogen and oxygen atoms in total. The number of amides is 2. The number of carbonyl (C=O) groups excluding carboxylic acids is 2. The number of piperazine rings is 1. The molecule has 12 heteroatoms. The lowest BCUT2D eigenvalue weighted by Gasteiger charge is -2.35. The zero-order valence-corrected chi connectivity index (χ0v) is 25.3. The molecule has 2 aromatic rings. The number of aromatic nitrogens is 2. The van der Waals surface area contributed by atoms with E-state index in [2.05, 4.69) is 33.3 Å². The van der Waals surface area contributed by atoms with Crippen molar-refractivity contribution in [2.45, 2.75) is 61.8 Å². The van der Waals surface area contributed by atoms with Gasteiger partial charge in [0, 0.05) is 69.7 Å². The molecule has 2 aliphatic rings. The average Bonchev–Trinajstić information content (AvgIpc) is 3.75. The zero-order chi connectivity index (χ0) is 28.6. The maximum Gasteiger partial charge on any atom is 0.227 e. The molecule has 0 bridgehead atoms. The summed E-state index contributed by atoms with van der Waals surface area (Å²) in [5, 5.41) is 3.49. The minimum absolute atomic E-state index is 0.0804. The van der Waals surface area contributed by atoms with E-state index in [0.29, 0.717) is 49.3 Å². The van der Waals surface area contributed by atoms with Crippen LogP contribution in [0.5, 0.6) is 0 Å². The van der Waals surface area contributed by atoms with Gasteiger partial charge in [-0.05, 0) is 68.3 Å². The van der Waals surface area contributed by atoms with Crippen molar-refractivity contribution >= 4 is 55.5 Å². The Morgan fingerprint density at radius 3 is 2.45 bits per heavy atom. The van der Waals surface area contributed by atoms with Crippen molar-refractivity contribution in [3.05, 3.63) is 42.1 Å². The molecule has 2 heterocycles. The van der Waals surface area contributed by atoms with E-state index < -0.39 is 0 Å². The summed E-state index contributed by atoms with van der Waals surface area (Å²) in [5.74, 6) is 1.90. The molecule has 4 rings (SSSR count). The maximum absolute atomic E-state index is 12.7. The summed E-state index contributed by atoms with van der Waals surface area (Å²) in [6.07, 6.45) is 5.12. The largest absolute Gasteiger partial charge is 0.402 e. The van der Waals surface area contributed by atoms with E-state index in [4.69, 9.17) is 16.5 Å². The Morgan fingerprint density at radius 1 is 1.12 bits per heavy atom. The fourth-order valence-corrected chi connectivity index (χ4v) is 5.95. The zero-order valence-electron chi connectivity index (χ0n) is 23.5. The van der Waals surface area contributed by atoms with Gasteiger partial charge < -0.3 is 26.6 Å². The van der Waals surface area contributed by atoms with Crippen molar-refractivity contribution in [3.63, 3.8) is 0 Å². The second-order valence-corrected chi connectivity index (χ2v) is 14.6. The van der Waals surface area contributed by atoms with Crippen molar-refractivity contribution in [1.29, 1.82) is 0 Å². The molecule has 1 aliphatic heterocycles. The van der Waals surface area contributed by atoms with Gasteiger partial charge in [0.05, 0.1) is 0 Å². The van der Waals surface area contributed by atoms with Gasteiger partial charge >= 0.3 is 0 Å². The Morgan fingerprint density at radius 2 is 1.82 bits per heavy atom. The van der Waals surface area contributed by atoms with Crippen LogP contribution in [-0.2, 0) is 9.59 Å². The van der Waals surface area contributed by atoms with Gasteiger partial charge in [-0.15, -0.1) is 0 Å². The third-order valence-electron chi connectivity index (χ3n) is 6.60. The van der Waals surface area contributed by atoms with Gasteiger partial charge in [-0.1, -0.05) is 19.1 Å². The molecule has 5 N–H and O–H groups in total. The average molecular weight is 580 g/mol. The fourth-order valence-electron chi connectivity index (χ4n) is 4.30. The number of allylic oxidation sites excluding steroid dienone is 1. The molecule has 1 radical (unpaired) electrons. The van der Waals surface area contributed by atoms with Crippen molar-refractivity contribution in [2.75, 3.05) is 36.4 Å². The standard InChI is InChI=1S/C28H39N8O2SSi/c1-19(29)17-23(30)32-24-18-25(35-12-14-36(15-13-35)26(37)5-4-16-40(2)3)34-28(33-24)39-22-10-8-21(9-11-22)31-27(38)20-6-7-20/h8-11,17-18,20H,4-7,12-16,29H2,1-3H3,(H,31,38)(H2,30,32,33,34). The van der Waals surface area contributed by atoms with Crippen LogP contribution in [0, 0.1) is 5.92 Å². The minimum atomic E-state index is -0.300. The van der Waals surface area contributed by atoms with Gasteiger partial charge in [-0.2, -0.15) is 0 Å². The Balaban J connectivity index is 1.47.